The molecule has 0 aliphatic heterocycles. The zero-order chi connectivity index (χ0) is 18.8. The van der Waals surface area contributed by atoms with Crippen LogP contribution in [0.4, 0.5) is 0 Å². The molecule has 2 aromatic carbocycles. The number of benzene rings is 2. The van der Waals surface area contributed by atoms with Crippen molar-refractivity contribution in [2.24, 2.45) is 0 Å². The summed E-state index contributed by atoms with van der Waals surface area (Å²) in [6.45, 7) is 7.70. The van der Waals surface area contributed by atoms with Gasteiger partial charge in [-0.1, -0.05) is 42.0 Å². The molecule has 0 saturated carbocycles. The van der Waals surface area contributed by atoms with Crippen LogP contribution >= 0.6 is 0 Å². The van der Waals surface area contributed by atoms with E-state index in [1.165, 1.54) is 10.7 Å². The summed E-state index contributed by atoms with van der Waals surface area (Å²) < 4.78 is 1.27. The van der Waals surface area contributed by atoms with Gasteiger partial charge in [0.1, 0.15) is 6.04 Å². The molecule has 1 heterocycles. The van der Waals surface area contributed by atoms with Crippen molar-refractivity contribution in [1.29, 1.82) is 0 Å². The fraction of sp³-hybridized carbons (Fsp3) is 0.227. The van der Waals surface area contributed by atoms with Crippen molar-refractivity contribution in [3.8, 4) is 11.3 Å². The lowest BCUT2D eigenvalue weighted by molar-refractivity contribution is 0.0925. The van der Waals surface area contributed by atoms with E-state index in [4.69, 9.17) is 0 Å². The normalized spacial score (nSPS) is 12.0. The zero-order valence-corrected chi connectivity index (χ0v) is 15.5. The molecule has 132 valence electrons. The molecule has 0 radical (unpaired) electrons. The number of carbonyl (C=O) groups is 1. The van der Waals surface area contributed by atoms with Crippen molar-refractivity contribution in [3.63, 3.8) is 0 Å². The molecular formula is C22H22N2O2. The van der Waals surface area contributed by atoms with Gasteiger partial charge in [-0.25, -0.2) is 4.68 Å². The Morgan fingerprint density at radius 2 is 1.62 bits per heavy atom. The molecule has 0 saturated heterocycles. The maximum Gasteiger partial charge on any atom is 0.267 e. The van der Waals surface area contributed by atoms with Crippen LogP contribution in [0, 0.1) is 20.8 Å². The highest BCUT2D eigenvalue weighted by Crippen LogP contribution is 2.19. The SMILES string of the molecule is Cc1ccc(-c2ccc(=O)n([C@@H](C)C(=O)c3ccc(C)c(C)c3)n2)cc1. The Bertz CT molecular complexity index is 1020. The van der Waals surface area contributed by atoms with E-state index in [2.05, 4.69) is 5.10 Å². The van der Waals surface area contributed by atoms with Crippen LogP contribution in [0.5, 0.6) is 0 Å². The molecule has 0 amide bonds. The van der Waals surface area contributed by atoms with Crippen LogP contribution in [0.1, 0.15) is 40.0 Å². The molecule has 0 N–H and O–H groups in total. The molecule has 1 aromatic heterocycles. The second-order valence-electron chi connectivity index (χ2n) is 6.71. The summed E-state index contributed by atoms with van der Waals surface area (Å²) in [5.41, 5.74) is 5.23. The van der Waals surface area contributed by atoms with E-state index in [0.717, 1.165) is 22.3 Å². The third kappa shape index (κ3) is 3.49. The number of Topliss-reactive ketones (excluding diaryl/α,β-unsaturated/α-hetero) is 1. The highest BCUT2D eigenvalue weighted by atomic mass is 16.1. The average Bonchev–Trinajstić information content (AvgIpc) is 2.64. The third-order valence-electron chi connectivity index (χ3n) is 4.71. The summed E-state index contributed by atoms with van der Waals surface area (Å²) in [6, 6.07) is 16.0. The Hall–Kier alpha value is -3.01. The van der Waals surface area contributed by atoms with Crippen molar-refractivity contribution in [1.82, 2.24) is 9.78 Å². The lowest BCUT2D eigenvalue weighted by atomic mass is 10.0. The Kier molecular flexibility index (Phi) is 4.85. The van der Waals surface area contributed by atoms with E-state index >= 15 is 0 Å². The van der Waals surface area contributed by atoms with E-state index in [0.29, 0.717) is 11.3 Å². The van der Waals surface area contributed by atoms with Crippen LogP contribution in [0.3, 0.4) is 0 Å². The van der Waals surface area contributed by atoms with Crippen molar-refractivity contribution < 1.29 is 4.79 Å². The van der Waals surface area contributed by atoms with Crippen molar-refractivity contribution >= 4 is 5.78 Å². The lowest BCUT2D eigenvalue weighted by Crippen LogP contribution is -2.30. The molecule has 0 spiro atoms. The molecule has 0 aliphatic rings. The Morgan fingerprint density at radius 3 is 2.27 bits per heavy atom. The van der Waals surface area contributed by atoms with Gasteiger partial charge in [0, 0.05) is 17.2 Å². The van der Waals surface area contributed by atoms with Gasteiger partial charge in [-0.05, 0) is 51.0 Å². The maximum atomic E-state index is 12.9. The molecule has 3 aromatic rings. The van der Waals surface area contributed by atoms with Gasteiger partial charge in [0.2, 0.25) is 0 Å². The second-order valence-corrected chi connectivity index (χ2v) is 6.71. The molecule has 0 fully saturated rings. The number of aromatic nitrogens is 2. The van der Waals surface area contributed by atoms with Crippen LogP contribution in [0.2, 0.25) is 0 Å². The quantitative estimate of drug-likeness (QED) is 0.663. The van der Waals surface area contributed by atoms with Crippen LogP contribution in [0.15, 0.2) is 59.4 Å². The fourth-order valence-corrected chi connectivity index (χ4v) is 2.83. The molecule has 0 aliphatic carbocycles. The van der Waals surface area contributed by atoms with E-state index in [-0.39, 0.29) is 11.3 Å². The maximum absolute atomic E-state index is 12.9. The predicted octanol–water partition coefficient (Wildman–Crippen LogP) is 4.28. The lowest BCUT2D eigenvalue weighted by Gasteiger charge is -2.15. The first-order valence-electron chi connectivity index (χ1n) is 8.65. The molecular weight excluding hydrogens is 324 g/mol. The minimum absolute atomic E-state index is 0.122. The predicted molar refractivity (Wildman–Crippen MR) is 104 cm³/mol. The molecule has 0 bridgehead atoms. The van der Waals surface area contributed by atoms with Gasteiger partial charge in [0.15, 0.2) is 5.78 Å². The Balaban J connectivity index is 1.98. The topological polar surface area (TPSA) is 52.0 Å². The second kappa shape index (κ2) is 7.08. The van der Waals surface area contributed by atoms with Crippen molar-refractivity contribution in [3.05, 3.63) is 87.2 Å². The molecule has 4 heteroatoms. The van der Waals surface area contributed by atoms with E-state index in [9.17, 15) is 9.59 Å². The monoisotopic (exact) mass is 346 g/mol. The van der Waals surface area contributed by atoms with E-state index in [1.807, 2.05) is 57.2 Å². The Morgan fingerprint density at radius 1 is 0.923 bits per heavy atom. The number of carbonyl (C=O) groups excluding carboxylic acids is 1. The number of aryl methyl sites for hydroxylation is 3. The highest BCUT2D eigenvalue weighted by Gasteiger charge is 2.20. The van der Waals surface area contributed by atoms with Gasteiger partial charge in [0.05, 0.1) is 5.69 Å². The molecule has 4 nitrogen and oxygen atoms in total. The largest absolute Gasteiger partial charge is 0.292 e. The van der Waals surface area contributed by atoms with E-state index < -0.39 is 6.04 Å². The third-order valence-corrected chi connectivity index (χ3v) is 4.71. The molecule has 0 unspecified atom stereocenters. The van der Waals surface area contributed by atoms with Gasteiger partial charge in [-0.3, -0.25) is 9.59 Å². The first kappa shape index (κ1) is 17.8. The molecule has 1 atom stereocenters. The summed E-state index contributed by atoms with van der Waals surface area (Å²) in [5, 5.41) is 4.44. The van der Waals surface area contributed by atoms with Crippen LogP contribution < -0.4 is 5.56 Å². The fourth-order valence-electron chi connectivity index (χ4n) is 2.83. The van der Waals surface area contributed by atoms with Gasteiger partial charge < -0.3 is 0 Å². The van der Waals surface area contributed by atoms with Gasteiger partial charge >= 0.3 is 0 Å². The highest BCUT2D eigenvalue weighted by molar-refractivity contribution is 5.98. The smallest absolute Gasteiger partial charge is 0.267 e. The number of hydrogen-bond acceptors (Lipinski definition) is 3. The minimum Gasteiger partial charge on any atom is -0.292 e. The van der Waals surface area contributed by atoms with E-state index in [1.54, 1.807) is 19.1 Å². The Labute approximate surface area is 153 Å². The summed E-state index contributed by atoms with van der Waals surface area (Å²) >= 11 is 0. The first-order chi connectivity index (χ1) is 12.4. The summed E-state index contributed by atoms with van der Waals surface area (Å²) in [6.07, 6.45) is 0. The first-order valence-corrected chi connectivity index (χ1v) is 8.65. The molecule has 3 rings (SSSR count). The average molecular weight is 346 g/mol. The van der Waals surface area contributed by atoms with Crippen molar-refractivity contribution in [2.45, 2.75) is 33.7 Å². The number of rotatable bonds is 4. The summed E-state index contributed by atoms with van der Waals surface area (Å²) in [7, 11) is 0. The standard InChI is InChI=1S/C22H22N2O2/c1-14-5-8-18(9-6-14)20-11-12-21(25)24(23-20)17(4)22(26)19-10-7-15(2)16(3)13-19/h5-13,17H,1-4H3/t17-/m0/s1. The van der Waals surface area contributed by atoms with Gasteiger partial charge in [-0.15, -0.1) is 0 Å². The minimum atomic E-state index is -0.671. The zero-order valence-electron chi connectivity index (χ0n) is 15.5. The summed E-state index contributed by atoms with van der Waals surface area (Å²) in [4.78, 5) is 25.2. The summed E-state index contributed by atoms with van der Waals surface area (Å²) in [5.74, 6) is -0.122. The molecule has 26 heavy (non-hydrogen) atoms. The van der Waals surface area contributed by atoms with Crippen LogP contribution in [-0.2, 0) is 0 Å². The number of ketones is 1. The van der Waals surface area contributed by atoms with Gasteiger partial charge in [-0.2, -0.15) is 5.10 Å². The van der Waals surface area contributed by atoms with Crippen LogP contribution in [-0.4, -0.2) is 15.6 Å². The van der Waals surface area contributed by atoms with Gasteiger partial charge in [0.25, 0.3) is 5.56 Å². The van der Waals surface area contributed by atoms with Crippen LogP contribution in [0.25, 0.3) is 11.3 Å². The number of nitrogens with zero attached hydrogens (tertiary/aromatic N) is 2. The number of hydrogen-bond donors (Lipinski definition) is 0. The van der Waals surface area contributed by atoms with Crippen molar-refractivity contribution in [2.75, 3.05) is 0 Å².